The van der Waals surface area contributed by atoms with Gasteiger partial charge in [0, 0.05) is 11.9 Å². The van der Waals surface area contributed by atoms with E-state index in [4.69, 9.17) is 4.74 Å². The number of hydrogen-bond acceptors (Lipinski definition) is 3. The normalized spacial score (nSPS) is 25.8. The largest absolute Gasteiger partial charge is 0.550 e. The Bertz CT molecular complexity index is 248. The van der Waals surface area contributed by atoms with Gasteiger partial charge in [0.25, 0.3) is 0 Å². The van der Waals surface area contributed by atoms with E-state index in [1.165, 1.54) is 0 Å². The number of quaternary nitrogens is 1. The predicted octanol–water partition coefficient (Wildman–Crippen LogP) is 0.613. The minimum atomic E-state index is -0.874. The minimum Gasteiger partial charge on any atom is -0.550 e. The number of carboxylic acid groups (broad SMARTS) is 1. The van der Waals surface area contributed by atoms with Crippen LogP contribution in [-0.4, -0.2) is 44.9 Å². The maximum absolute atomic E-state index is 11.0. The van der Waals surface area contributed by atoms with Gasteiger partial charge < -0.3 is 19.1 Å². The first-order valence-electron chi connectivity index (χ1n) is 6.49. The Labute approximate surface area is 104 Å². The second-order valence-electron chi connectivity index (χ2n) is 6.09. The number of rotatable bonds is 6. The van der Waals surface area contributed by atoms with E-state index in [-0.39, 0.29) is 11.8 Å². The average Bonchev–Trinajstić information content (AvgIpc) is 2.23. The second kappa shape index (κ2) is 6.36. The number of hydrogen-bond donors (Lipinski definition) is 0. The average molecular weight is 243 g/mol. The second-order valence-corrected chi connectivity index (χ2v) is 6.09. The fourth-order valence-electron chi connectivity index (χ4n) is 2.44. The van der Waals surface area contributed by atoms with E-state index >= 15 is 0 Å². The molecule has 4 heteroatoms. The molecule has 0 radical (unpaired) electrons. The zero-order chi connectivity index (χ0) is 12.9. The Morgan fingerprint density at radius 1 is 1.29 bits per heavy atom. The number of carbonyl (C=O) groups excluding carboxylic acids is 1. The van der Waals surface area contributed by atoms with E-state index in [9.17, 15) is 9.90 Å². The summed E-state index contributed by atoms with van der Waals surface area (Å²) in [6.07, 6.45) is 4.80. The molecule has 17 heavy (non-hydrogen) atoms. The fraction of sp³-hybridized carbons (Fsp3) is 0.923. The SMILES string of the molecule is C[N+](C)(C)COCCC1CCCCC1C(=O)[O-]. The van der Waals surface area contributed by atoms with Crippen LogP contribution in [0.1, 0.15) is 32.1 Å². The van der Waals surface area contributed by atoms with Gasteiger partial charge in [-0.1, -0.05) is 12.8 Å². The molecule has 0 N–H and O–H groups in total. The van der Waals surface area contributed by atoms with Gasteiger partial charge in [0.1, 0.15) is 0 Å². The Kier molecular flexibility index (Phi) is 5.40. The van der Waals surface area contributed by atoms with Crippen molar-refractivity contribution in [3.05, 3.63) is 0 Å². The van der Waals surface area contributed by atoms with E-state index in [0.29, 0.717) is 13.3 Å². The Morgan fingerprint density at radius 3 is 2.53 bits per heavy atom. The first kappa shape index (κ1) is 14.5. The van der Waals surface area contributed by atoms with Gasteiger partial charge in [-0.15, -0.1) is 0 Å². The van der Waals surface area contributed by atoms with Crippen molar-refractivity contribution in [2.75, 3.05) is 34.5 Å². The van der Waals surface area contributed by atoms with E-state index in [1.807, 2.05) is 0 Å². The van der Waals surface area contributed by atoms with Gasteiger partial charge in [0.05, 0.1) is 27.7 Å². The third-order valence-electron chi connectivity index (χ3n) is 3.32. The third-order valence-corrected chi connectivity index (χ3v) is 3.32. The van der Waals surface area contributed by atoms with Crippen molar-refractivity contribution in [1.82, 2.24) is 0 Å². The first-order valence-corrected chi connectivity index (χ1v) is 6.49. The molecule has 1 aliphatic rings. The Hall–Kier alpha value is -0.610. The van der Waals surface area contributed by atoms with Crippen LogP contribution in [-0.2, 0) is 9.53 Å². The van der Waals surface area contributed by atoms with Gasteiger partial charge in [-0.05, 0) is 25.2 Å². The molecule has 0 aromatic heterocycles. The first-order chi connectivity index (χ1) is 7.90. The zero-order valence-electron chi connectivity index (χ0n) is 11.3. The van der Waals surface area contributed by atoms with Crippen LogP contribution in [0.25, 0.3) is 0 Å². The van der Waals surface area contributed by atoms with E-state index in [1.54, 1.807) is 0 Å². The third kappa shape index (κ3) is 5.50. The van der Waals surface area contributed by atoms with Crippen molar-refractivity contribution in [3.63, 3.8) is 0 Å². The molecule has 1 saturated carbocycles. The molecule has 0 saturated heterocycles. The van der Waals surface area contributed by atoms with Crippen molar-refractivity contribution < 1.29 is 19.1 Å². The molecule has 0 spiro atoms. The summed E-state index contributed by atoms with van der Waals surface area (Å²) in [6, 6.07) is 0. The Morgan fingerprint density at radius 2 is 1.94 bits per heavy atom. The molecule has 0 aliphatic heterocycles. The summed E-state index contributed by atoms with van der Waals surface area (Å²) in [6.45, 7) is 1.33. The lowest BCUT2D eigenvalue weighted by Gasteiger charge is -2.32. The van der Waals surface area contributed by atoms with Crippen LogP contribution in [0.5, 0.6) is 0 Å². The maximum Gasteiger partial charge on any atom is 0.182 e. The van der Waals surface area contributed by atoms with Gasteiger partial charge in [-0.25, -0.2) is 0 Å². The molecular formula is C13H25NO3. The van der Waals surface area contributed by atoms with Crippen LogP contribution < -0.4 is 5.11 Å². The standard InChI is InChI=1S/C13H25NO3/c1-14(2,3)10-17-9-8-11-6-4-5-7-12(11)13(15)16/h11-12H,4-10H2,1-3H3. The molecule has 2 unspecified atom stereocenters. The van der Waals surface area contributed by atoms with Crippen molar-refractivity contribution in [3.8, 4) is 0 Å². The smallest absolute Gasteiger partial charge is 0.182 e. The highest BCUT2D eigenvalue weighted by Gasteiger charge is 2.25. The topological polar surface area (TPSA) is 49.4 Å². The molecule has 1 aliphatic carbocycles. The summed E-state index contributed by atoms with van der Waals surface area (Å²) in [5.41, 5.74) is 0. The molecule has 1 fully saturated rings. The number of ether oxygens (including phenoxy) is 1. The minimum absolute atomic E-state index is 0.251. The van der Waals surface area contributed by atoms with Crippen LogP contribution >= 0.6 is 0 Å². The predicted molar refractivity (Wildman–Crippen MR) is 63.9 cm³/mol. The molecule has 0 bridgehead atoms. The summed E-state index contributed by atoms with van der Waals surface area (Å²) in [5, 5.41) is 11.0. The lowest BCUT2D eigenvalue weighted by atomic mass is 9.78. The lowest BCUT2D eigenvalue weighted by Crippen LogP contribution is -2.39. The van der Waals surface area contributed by atoms with Crippen molar-refractivity contribution in [1.29, 1.82) is 0 Å². The van der Waals surface area contributed by atoms with Crippen molar-refractivity contribution >= 4 is 5.97 Å². The molecule has 0 aromatic carbocycles. The number of carboxylic acids is 1. The molecule has 0 aromatic rings. The van der Waals surface area contributed by atoms with Crippen molar-refractivity contribution in [2.24, 2.45) is 11.8 Å². The van der Waals surface area contributed by atoms with E-state index in [2.05, 4.69) is 21.1 Å². The molecule has 2 atom stereocenters. The monoisotopic (exact) mass is 243 g/mol. The summed E-state index contributed by atoms with van der Waals surface area (Å²) >= 11 is 0. The highest BCUT2D eigenvalue weighted by atomic mass is 16.5. The zero-order valence-corrected chi connectivity index (χ0v) is 11.3. The molecule has 4 nitrogen and oxygen atoms in total. The molecule has 0 heterocycles. The number of aliphatic carboxylic acids is 1. The maximum atomic E-state index is 11.0. The summed E-state index contributed by atoms with van der Waals surface area (Å²) < 4.78 is 6.36. The quantitative estimate of drug-likeness (QED) is 0.390. The van der Waals surface area contributed by atoms with Gasteiger partial charge in [0.2, 0.25) is 0 Å². The highest BCUT2D eigenvalue weighted by Crippen LogP contribution is 2.31. The van der Waals surface area contributed by atoms with Crippen LogP contribution in [0.2, 0.25) is 0 Å². The van der Waals surface area contributed by atoms with Crippen LogP contribution in [0.4, 0.5) is 0 Å². The molecule has 100 valence electrons. The molecule has 0 amide bonds. The molecular weight excluding hydrogens is 218 g/mol. The van der Waals surface area contributed by atoms with Gasteiger partial charge >= 0.3 is 0 Å². The van der Waals surface area contributed by atoms with Crippen LogP contribution in [0, 0.1) is 11.8 Å². The summed E-state index contributed by atoms with van der Waals surface area (Å²) in [7, 11) is 6.22. The van der Waals surface area contributed by atoms with E-state index in [0.717, 1.165) is 36.6 Å². The van der Waals surface area contributed by atoms with Crippen LogP contribution in [0.15, 0.2) is 0 Å². The van der Waals surface area contributed by atoms with Gasteiger partial charge in [0.15, 0.2) is 6.73 Å². The Balaban J connectivity index is 2.26. The summed E-state index contributed by atoms with van der Waals surface area (Å²) in [4.78, 5) is 11.0. The number of carbonyl (C=O) groups is 1. The highest BCUT2D eigenvalue weighted by molar-refractivity contribution is 5.68. The van der Waals surface area contributed by atoms with Gasteiger partial charge in [-0.3, -0.25) is 0 Å². The number of nitrogens with zero attached hydrogens (tertiary/aromatic N) is 1. The van der Waals surface area contributed by atoms with Gasteiger partial charge in [-0.2, -0.15) is 0 Å². The van der Waals surface area contributed by atoms with Crippen molar-refractivity contribution in [2.45, 2.75) is 32.1 Å². The van der Waals surface area contributed by atoms with E-state index < -0.39 is 5.97 Å². The summed E-state index contributed by atoms with van der Waals surface area (Å²) in [5.74, 6) is -0.876. The lowest BCUT2D eigenvalue weighted by molar-refractivity contribution is -0.890. The van der Waals surface area contributed by atoms with Crippen LogP contribution in [0.3, 0.4) is 0 Å². The fourth-order valence-corrected chi connectivity index (χ4v) is 2.44. The molecule has 1 rings (SSSR count).